The van der Waals surface area contributed by atoms with E-state index in [9.17, 15) is 4.79 Å². The summed E-state index contributed by atoms with van der Waals surface area (Å²) in [4.78, 5) is 15.8. The fourth-order valence-corrected chi connectivity index (χ4v) is 2.69. The molecule has 1 heterocycles. The van der Waals surface area contributed by atoms with E-state index in [1.807, 2.05) is 11.0 Å². The van der Waals surface area contributed by atoms with Crippen molar-refractivity contribution in [2.24, 2.45) is 0 Å². The van der Waals surface area contributed by atoms with Crippen LogP contribution in [-0.2, 0) is 4.79 Å². The maximum atomic E-state index is 11.4. The molecule has 1 aliphatic rings. The molecule has 92 valence electrons. The molecular weight excluding hydrogens is 212 g/mol. The van der Waals surface area contributed by atoms with Gasteiger partial charge in [-0.05, 0) is 26.0 Å². The molecule has 1 amide bonds. The van der Waals surface area contributed by atoms with Crippen LogP contribution < -0.4 is 4.90 Å². The van der Waals surface area contributed by atoms with E-state index in [0.717, 1.165) is 13.1 Å². The quantitative estimate of drug-likeness (QED) is 0.740. The summed E-state index contributed by atoms with van der Waals surface area (Å²) in [5.74, 6) is 0.177. The van der Waals surface area contributed by atoms with Crippen LogP contribution in [0.2, 0.25) is 0 Å². The Morgan fingerprint density at radius 1 is 1.12 bits per heavy atom. The van der Waals surface area contributed by atoms with Crippen molar-refractivity contribution in [3.8, 4) is 0 Å². The number of amides is 1. The van der Waals surface area contributed by atoms with Gasteiger partial charge in [-0.15, -0.1) is 0 Å². The van der Waals surface area contributed by atoms with Crippen LogP contribution in [0.3, 0.4) is 0 Å². The van der Waals surface area contributed by atoms with E-state index in [1.54, 1.807) is 6.92 Å². The van der Waals surface area contributed by atoms with Crippen molar-refractivity contribution < 1.29 is 4.79 Å². The Bertz CT molecular complexity index is 378. The van der Waals surface area contributed by atoms with Crippen molar-refractivity contribution in [2.75, 3.05) is 18.0 Å². The summed E-state index contributed by atoms with van der Waals surface area (Å²) in [5.41, 5.74) is 1.25. The summed E-state index contributed by atoms with van der Waals surface area (Å²) in [6.45, 7) is 7.64. The Hall–Kier alpha value is -1.51. The molecule has 0 N–H and O–H groups in total. The summed E-state index contributed by atoms with van der Waals surface area (Å²) >= 11 is 0. The van der Waals surface area contributed by atoms with Crippen LogP contribution in [0.4, 0.5) is 5.69 Å². The van der Waals surface area contributed by atoms with Gasteiger partial charge < -0.3 is 9.80 Å². The number of nitrogens with zero attached hydrogens (tertiary/aromatic N) is 2. The molecule has 1 saturated heterocycles. The Morgan fingerprint density at radius 3 is 2.12 bits per heavy atom. The van der Waals surface area contributed by atoms with Crippen LogP contribution in [-0.4, -0.2) is 36.0 Å². The average Bonchev–Trinajstić information content (AvgIpc) is 2.29. The van der Waals surface area contributed by atoms with E-state index in [-0.39, 0.29) is 5.91 Å². The standard InChI is InChI=1S/C14H20N2O/c1-11-9-15(13(3)17)10-12(2)16(11)14-7-5-4-6-8-14/h4-8,11-12H,9-10H2,1-3H3. The Morgan fingerprint density at radius 2 is 1.65 bits per heavy atom. The number of para-hydroxylation sites is 1. The van der Waals surface area contributed by atoms with Gasteiger partial charge >= 0.3 is 0 Å². The summed E-state index contributed by atoms with van der Waals surface area (Å²) < 4.78 is 0. The Kier molecular flexibility index (Phi) is 3.36. The van der Waals surface area contributed by atoms with Gasteiger partial charge in [0.15, 0.2) is 0 Å². The molecule has 1 aromatic rings. The van der Waals surface area contributed by atoms with Crippen molar-refractivity contribution >= 4 is 11.6 Å². The van der Waals surface area contributed by atoms with Crippen molar-refractivity contribution in [3.05, 3.63) is 30.3 Å². The van der Waals surface area contributed by atoms with Crippen LogP contribution in [0.1, 0.15) is 20.8 Å². The third-order valence-corrected chi connectivity index (χ3v) is 3.42. The average molecular weight is 232 g/mol. The normalized spacial score (nSPS) is 24.9. The number of carbonyl (C=O) groups is 1. The highest BCUT2D eigenvalue weighted by Crippen LogP contribution is 2.24. The Labute approximate surface area is 103 Å². The zero-order valence-electron chi connectivity index (χ0n) is 10.8. The lowest BCUT2D eigenvalue weighted by molar-refractivity contribution is -0.130. The molecule has 3 nitrogen and oxygen atoms in total. The van der Waals surface area contributed by atoms with Crippen LogP contribution in [0.5, 0.6) is 0 Å². The summed E-state index contributed by atoms with van der Waals surface area (Å²) in [6.07, 6.45) is 0. The van der Waals surface area contributed by atoms with Crippen molar-refractivity contribution in [2.45, 2.75) is 32.9 Å². The highest BCUT2D eigenvalue weighted by molar-refractivity contribution is 5.73. The van der Waals surface area contributed by atoms with E-state index >= 15 is 0 Å². The molecular formula is C14H20N2O. The molecule has 0 aliphatic carbocycles. The molecule has 2 atom stereocenters. The minimum absolute atomic E-state index is 0.177. The molecule has 1 fully saturated rings. The maximum absolute atomic E-state index is 11.4. The predicted molar refractivity (Wildman–Crippen MR) is 70.1 cm³/mol. The van der Waals surface area contributed by atoms with Crippen LogP contribution in [0.15, 0.2) is 30.3 Å². The molecule has 0 saturated carbocycles. The molecule has 3 heteroatoms. The molecule has 0 aromatic heterocycles. The van der Waals surface area contributed by atoms with E-state index < -0.39 is 0 Å². The third kappa shape index (κ3) is 2.43. The van der Waals surface area contributed by atoms with Gasteiger partial charge in [0.25, 0.3) is 0 Å². The largest absolute Gasteiger partial charge is 0.363 e. The Balaban J connectivity index is 2.18. The van der Waals surface area contributed by atoms with Crippen LogP contribution in [0.25, 0.3) is 0 Å². The van der Waals surface area contributed by atoms with Crippen molar-refractivity contribution in [1.82, 2.24) is 4.90 Å². The lowest BCUT2D eigenvalue weighted by Crippen LogP contribution is -2.57. The number of benzene rings is 1. The van der Waals surface area contributed by atoms with Gasteiger partial charge in [-0.3, -0.25) is 4.79 Å². The first-order valence-corrected chi connectivity index (χ1v) is 6.18. The van der Waals surface area contributed by atoms with Gasteiger partial charge in [-0.2, -0.15) is 0 Å². The van der Waals surface area contributed by atoms with E-state index in [1.165, 1.54) is 5.69 Å². The predicted octanol–water partition coefficient (Wildman–Crippen LogP) is 2.13. The van der Waals surface area contributed by atoms with Crippen molar-refractivity contribution in [1.29, 1.82) is 0 Å². The molecule has 0 radical (unpaired) electrons. The van der Waals surface area contributed by atoms with Crippen molar-refractivity contribution in [3.63, 3.8) is 0 Å². The molecule has 1 aliphatic heterocycles. The molecule has 0 spiro atoms. The lowest BCUT2D eigenvalue weighted by Gasteiger charge is -2.45. The highest BCUT2D eigenvalue weighted by Gasteiger charge is 2.30. The van der Waals surface area contributed by atoms with Crippen LogP contribution >= 0.6 is 0 Å². The van der Waals surface area contributed by atoms with Gasteiger partial charge in [-0.25, -0.2) is 0 Å². The van der Waals surface area contributed by atoms with Gasteiger partial charge in [0.2, 0.25) is 5.91 Å². The van der Waals surface area contributed by atoms with Gasteiger partial charge in [0.05, 0.1) is 0 Å². The SMILES string of the molecule is CC(=O)N1CC(C)N(c2ccccc2)C(C)C1. The minimum Gasteiger partial charge on any atom is -0.363 e. The van der Waals surface area contributed by atoms with Crippen LogP contribution in [0, 0.1) is 0 Å². The first-order chi connectivity index (χ1) is 8.09. The second-order valence-electron chi connectivity index (χ2n) is 4.86. The summed E-state index contributed by atoms with van der Waals surface area (Å²) in [5, 5.41) is 0. The second kappa shape index (κ2) is 4.78. The van der Waals surface area contributed by atoms with E-state index in [4.69, 9.17) is 0 Å². The minimum atomic E-state index is 0.177. The van der Waals surface area contributed by atoms with E-state index in [0.29, 0.717) is 12.1 Å². The molecule has 17 heavy (non-hydrogen) atoms. The number of anilines is 1. The number of carbonyl (C=O) groups excluding carboxylic acids is 1. The highest BCUT2D eigenvalue weighted by atomic mass is 16.2. The fourth-order valence-electron chi connectivity index (χ4n) is 2.69. The number of rotatable bonds is 1. The maximum Gasteiger partial charge on any atom is 0.219 e. The first kappa shape index (κ1) is 12.0. The molecule has 2 rings (SSSR count). The number of piperazine rings is 1. The smallest absolute Gasteiger partial charge is 0.219 e. The zero-order valence-corrected chi connectivity index (χ0v) is 10.8. The third-order valence-electron chi connectivity index (χ3n) is 3.42. The van der Waals surface area contributed by atoms with E-state index in [2.05, 4.69) is 43.0 Å². The molecule has 1 aromatic carbocycles. The zero-order chi connectivity index (χ0) is 12.4. The fraction of sp³-hybridized carbons (Fsp3) is 0.500. The van der Waals surface area contributed by atoms with Gasteiger partial charge in [0.1, 0.15) is 0 Å². The summed E-state index contributed by atoms with van der Waals surface area (Å²) in [6, 6.07) is 11.2. The molecule has 2 unspecified atom stereocenters. The first-order valence-electron chi connectivity index (χ1n) is 6.18. The molecule has 0 bridgehead atoms. The lowest BCUT2D eigenvalue weighted by atomic mass is 10.1. The number of hydrogen-bond acceptors (Lipinski definition) is 2. The topological polar surface area (TPSA) is 23.6 Å². The number of hydrogen-bond donors (Lipinski definition) is 0. The second-order valence-corrected chi connectivity index (χ2v) is 4.86. The summed E-state index contributed by atoms with van der Waals surface area (Å²) in [7, 11) is 0. The van der Waals surface area contributed by atoms with Gasteiger partial charge in [-0.1, -0.05) is 18.2 Å². The monoisotopic (exact) mass is 232 g/mol. The van der Waals surface area contributed by atoms with Gasteiger partial charge in [0, 0.05) is 37.8 Å².